The second-order valence-corrected chi connectivity index (χ2v) is 5.92. The Hall–Kier alpha value is -1.69. The van der Waals surface area contributed by atoms with Crippen molar-refractivity contribution in [1.82, 2.24) is 4.90 Å². The van der Waals surface area contributed by atoms with Crippen molar-refractivity contribution in [2.45, 2.75) is 6.54 Å². The van der Waals surface area contributed by atoms with E-state index in [0.717, 1.165) is 6.07 Å². The summed E-state index contributed by atoms with van der Waals surface area (Å²) in [6.07, 6.45) is 0. The number of likely N-dealkylation sites (N-methyl/N-ethyl adjacent to an activating group) is 1. The van der Waals surface area contributed by atoms with E-state index < -0.39 is 11.6 Å². The predicted molar refractivity (Wildman–Crippen MR) is 87.8 cm³/mol. The van der Waals surface area contributed by atoms with E-state index in [1.165, 1.54) is 12.1 Å². The number of nitrogens with zero attached hydrogens (tertiary/aromatic N) is 1. The molecule has 0 aliphatic rings. The SMILES string of the molecule is CN(CC(=O)Nc1cc(Cl)ccc1Cl)Cc1ccc(F)cc1F. The molecule has 1 N–H and O–H groups in total. The number of halogens is 4. The molecule has 0 bridgehead atoms. The summed E-state index contributed by atoms with van der Waals surface area (Å²) in [5.74, 6) is -1.60. The molecule has 0 aliphatic heterocycles. The molecule has 122 valence electrons. The average molecular weight is 359 g/mol. The van der Waals surface area contributed by atoms with Crippen LogP contribution >= 0.6 is 23.2 Å². The van der Waals surface area contributed by atoms with Crippen LogP contribution in [0.15, 0.2) is 36.4 Å². The number of rotatable bonds is 5. The van der Waals surface area contributed by atoms with Gasteiger partial charge in [-0.25, -0.2) is 8.78 Å². The molecule has 1 amide bonds. The van der Waals surface area contributed by atoms with Crippen LogP contribution in [0.5, 0.6) is 0 Å². The van der Waals surface area contributed by atoms with E-state index in [-0.39, 0.29) is 19.0 Å². The Kier molecular flexibility index (Phi) is 5.93. The number of carbonyl (C=O) groups excluding carboxylic acids is 1. The van der Waals surface area contributed by atoms with Crippen LogP contribution < -0.4 is 5.32 Å². The van der Waals surface area contributed by atoms with E-state index in [1.807, 2.05) is 0 Å². The molecular formula is C16H14Cl2F2N2O. The number of anilines is 1. The lowest BCUT2D eigenvalue weighted by molar-refractivity contribution is -0.117. The third-order valence-electron chi connectivity index (χ3n) is 3.07. The van der Waals surface area contributed by atoms with Gasteiger partial charge in [-0.15, -0.1) is 0 Å². The minimum atomic E-state index is -0.643. The number of carbonyl (C=O) groups is 1. The molecule has 2 rings (SSSR count). The van der Waals surface area contributed by atoms with Gasteiger partial charge in [-0.05, 0) is 31.3 Å². The molecule has 0 heterocycles. The summed E-state index contributed by atoms with van der Waals surface area (Å²) in [4.78, 5) is 13.6. The van der Waals surface area contributed by atoms with Gasteiger partial charge in [0.05, 0.1) is 17.3 Å². The highest BCUT2D eigenvalue weighted by molar-refractivity contribution is 6.35. The lowest BCUT2D eigenvalue weighted by Gasteiger charge is -2.17. The van der Waals surface area contributed by atoms with Crippen LogP contribution in [0.4, 0.5) is 14.5 Å². The normalized spacial score (nSPS) is 10.9. The lowest BCUT2D eigenvalue weighted by atomic mass is 10.2. The Bertz CT molecular complexity index is 725. The molecule has 0 radical (unpaired) electrons. The maximum absolute atomic E-state index is 13.6. The molecule has 0 fully saturated rings. The second-order valence-electron chi connectivity index (χ2n) is 5.08. The van der Waals surface area contributed by atoms with Gasteiger partial charge < -0.3 is 5.32 Å². The first kappa shape index (κ1) is 17.7. The average Bonchev–Trinajstić information content (AvgIpc) is 2.46. The standard InChI is InChI=1S/C16H14Cl2F2N2O/c1-22(8-10-2-4-12(19)7-14(10)20)9-16(23)21-15-6-11(17)3-5-13(15)18/h2-7H,8-9H2,1H3,(H,21,23). The van der Waals surface area contributed by atoms with Crippen LogP contribution in [0.2, 0.25) is 10.0 Å². The van der Waals surface area contributed by atoms with Crippen molar-refractivity contribution in [3.05, 3.63) is 63.6 Å². The summed E-state index contributed by atoms with van der Waals surface area (Å²) >= 11 is 11.8. The minimum absolute atomic E-state index is 0.0136. The van der Waals surface area contributed by atoms with Gasteiger partial charge in [0, 0.05) is 23.2 Å². The molecule has 0 unspecified atom stereocenters. The Morgan fingerprint density at radius 1 is 1.17 bits per heavy atom. The van der Waals surface area contributed by atoms with Crippen LogP contribution in [0, 0.1) is 11.6 Å². The third-order valence-corrected chi connectivity index (χ3v) is 3.64. The number of hydrogen-bond acceptors (Lipinski definition) is 2. The van der Waals surface area contributed by atoms with Crippen molar-refractivity contribution in [1.29, 1.82) is 0 Å². The molecule has 3 nitrogen and oxygen atoms in total. The fourth-order valence-electron chi connectivity index (χ4n) is 2.02. The molecule has 0 spiro atoms. The smallest absolute Gasteiger partial charge is 0.238 e. The highest BCUT2D eigenvalue weighted by Gasteiger charge is 2.12. The highest BCUT2D eigenvalue weighted by atomic mass is 35.5. The summed E-state index contributed by atoms with van der Waals surface area (Å²) in [5, 5.41) is 3.46. The molecule has 7 heteroatoms. The molecule has 2 aromatic rings. The van der Waals surface area contributed by atoms with E-state index in [9.17, 15) is 13.6 Å². The predicted octanol–water partition coefficient (Wildman–Crippen LogP) is 4.34. The molecular weight excluding hydrogens is 345 g/mol. The van der Waals surface area contributed by atoms with Crippen molar-refractivity contribution in [3.63, 3.8) is 0 Å². The number of amides is 1. The Morgan fingerprint density at radius 2 is 1.91 bits per heavy atom. The first-order chi connectivity index (χ1) is 10.8. The molecule has 0 atom stereocenters. The number of nitrogens with one attached hydrogen (secondary N) is 1. The first-order valence-electron chi connectivity index (χ1n) is 6.72. The molecule has 2 aromatic carbocycles. The summed E-state index contributed by atoms with van der Waals surface area (Å²) < 4.78 is 26.5. The van der Waals surface area contributed by atoms with E-state index in [4.69, 9.17) is 23.2 Å². The first-order valence-corrected chi connectivity index (χ1v) is 7.48. The van der Waals surface area contributed by atoms with Crippen molar-refractivity contribution >= 4 is 34.8 Å². The monoisotopic (exact) mass is 358 g/mol. The van der Waals surface area contributed by atoms with Crippen molar-refractivity contribution < 1.29 is 13.6 Å². The largest absolute Gasteiger partial charge is 0.324 e. The maximum Gasteiger partial charge on any atom is 0.238 e. The molecule has 0 saturated heterocycles. The summed E-state index contributed by atoms with van der Waals surface area (Å²) in [6.45, 7) is 0.183. The number of benzene rings is 2. The minimum Gasteiger partial charge on any atom is -0.324 e. The van der Waals surface area contributed by atoms with Gasteiger partial charge in [0.2, 0.25) is 5.91 Å². The lowest BCUT2D eigenvalue weighted by Crippen LogP contribution is -2.30. The zero-order valence-electron chi connectivity index (χ0n) is 12.2. The van der Waals surface area contributed by atoms with E-state index in [2.05, 4.69) is 5.32 Å². The fourth-order valence-corrected chi connectivity index (χ4v) is 2.36. The van der Waals surface area contributed by atoms with Gasteiger partial charge in [0.1, 0.15) is 11.6 Å². The van der Waals surface area contributed by atoms with E-state index in [0.29, 0.717) is 21.3 Å². The van der Waals surface area contributed by atoms with Gasteiger partial charge in [-0.2, -0.15) is 0 Å². The number of hydrogen-bond donors (Lipinski definition) is 1. The third kappa shape index (κ3) is 5.16. The fraction of sp³-hybridized carbons (Fsp3) is 0.188. The van der Waals surface area contributed by atoms with Crippen molar-refractivity contribution in [2.75, 3.05) is 18.9 Å². The van der Waals surface area contributed by atoms with Crippen LogP contribution in [0.3, 0.4) is 0 Å². The van der Waals surface area contributed by atoms with Gasteiger partial charge >= 0.3 is 0 Å². The Morgan fingerprint density at radius 3 is 2.61 bits per heavy atom. The Balaban J connectivity index is 1.95. The molecule has 23 heavy (non-hydrogen) atoms. The zero-order valence-corrected chi connectivity index (χ0v) is 13.8. The highest BCUT2D eigenvalue weighted by Crippen LogP contribution is 2.25. The summed E-state index contributed by atoms with van der Waals surface area (Å²) in [7, 11) is 1.65. The van der Waals surface area contributed by atoms with Crippen LogP contribution in [-0.4, -0.2) is 24.4 Å². The van der Waals surface area contributed by atoms with Gasteiger partial charge in [0.15, 0.2) is 0 Å². The second kappa shape index (κ2) is 7.73. The quantitative estimate of drug-likeness (QED) is 0.861. The van der Waals surface area contributed by atoms with Gasteiger partial charge in [0.25, 0.3) is 0 Å². The topological polar surface area (TPSA) is 32.3 Å². The van der Waals surface area contributed by atoms with Crippen LogP contribution in [0.25, 0.3) is 0 Å². The van der Waals surface area contributed by atoms with Crippen LogP contribution in [0.1, 0.15) is 5.56 Å². The van der Waals surface area contributed by atoms with Crippen molar-refractivity contribution in [3.8, 4) is 0 Å². The molecule has 0 aliphatic carbocycles. The zero-order chi connectivity index (χ0) is 17.0. The van der Waals surface area contributed by atoms with Gasteiger partial charge in [-0.1, -0.05) is 29.3 Å². The van der Waals surface area contributed by atoms with E-state index in [1.54, 1.807) is 30.1 Å². The molecule has 0 saturated carbocycles. The van der Waals surface area contributed by atoms with Gasteiger partial charge in [-0.3, -0.25) is 9.69 Å². The van der Waals surface area contributed by atoms with Crippen LogP contribution in [-0.2, 0) is 11.3 Å². The summed E-state index contributed by atoms with van der Waals surface area (Å²) in [5.41, 5.74) is 0.716. The van der Waals surface area contributed by atoms with Crippen molar-refractivity contribution in [2.24, 2.45) is 0 Å². The molecule has 0 aromatic heterocycles. The Labute approximate surface area is 142 Å². The summed E-state index contributed by atoms with van der Waals surface area (Å²) in [6, 6.07) is 8.08. The maximum atomic E-state index is 13.6. The van der Waals surface area contributed by atoms with E-state index >= 15 is 0 Å².